The van der Waals surface area contributed by atoms with Crippen LogP contribution in [0.1, 0.15) is 13.3 Å². The number of halogens is 1. The molecule has 0 radical (unpaired) electrons. The third-order valence-electron chi connectivity index (χ3n) is 4.82. The smallest absolute Gasteiger partial charge is 0.237 e. The summed E-state index contributed by atoms with van der Waals surface area (Å²) in [5, 5.41) is 12.5. The lowest BCUT2D eigenvalue weighted by molar-refractivity contribution is -0.115. The molecular formula is C23H27ClN4O4S. The monoisotopic (exact) mass is 490 g/mol. The number of carbonyl (C=O) groups excluding carboxylic acids is 1. The number of nitrogens with one attached hydrogen (secondary N) is 1. The van der Waals surface area contributed by atoms with Crippen molar-refractivity contribution in [1.82, 2.24) is 14.8 Å². The molecule has 1 N–H and O–H groups in total. The Bertz CT molecular complexity index is 1050. The van der Waals surface area contributed by atoms with Crippen molar-refractivity contribution in [2.24, 2.45) is 0 Å². The van der Waals surface area contributed by atoms with E-state index in [1.807, 2.05) is 35.8 Å². The van der Waals surface area contributed by atoms with Crippen molar-refractivity contribution in [3.05, 3.63) is 47.5 Å². The molecule has 2 aromatic carbocycles. The second-order valence-electron chi connectivity index (χ2n) is 7.16. The van der Waals surface area contributed by atoms with Gasteiger partial charge in [0.15, 0.2) is 11.0 Å². The lowest BCUT2D eigenvalue weighted by Gasteiger charge is -2.15. The third kappa shape index (κ3) is 6.63. The second kappa shape index (κ2) is 11.9. The molecule has 3 aromatic rings. The fourth-order valence-electron chi connectivity index (χ4n) is 3.09. The van der Waals surface area contributed by atoms with Gasteiger partial charge in [-0.25, -0.2) is 0 Å². The minimum atomic E-state index is -0.425. The van der Waals surface area contributed by atoms with Crippen LogP contribution >= 0.6 is 23.4 Å². The standard InChI is InChI=1S/C23H27ClN4O4S/c1-15(22(29)25-18-12-19(31-3)14-20(13-18)32-4)33-23-27-26-21(28(23)10-5-11-30-2)16-6-8-17(24)9-7-16/h6-9,12-15H,5,10-11H2,1-4H3,(H,25,29)/t15-/m1/s1. The first kappa shape index (κ1) is 24.9. The summed E-state index contributed by atoms with van der Waals surface area (Å²) in [6, 6.07) is 12.7. The predicted octanol–water partition coefficient (Wildman–Crippen LogP) is 4.77. The Morgan fingerprint density at radius 1 is 1.09 bits per heavy atom. The highest BCUT2D eigenvalue weighted by atomic mass is 35.5. The van der Waals surface area contributed by atoms with Crippen LogP contribution in [0.4, 0.5) is 5.69 Å². The van der Waals surface area contributed by atoms with Crippen molar-refractivity contribution in [3.8, 4) is 22.9 Å². The first-order valence-corrected chi connectivity index (χ1v) is 11.6. The van der Waals surface area contributed by atoms with E-state index in [9.17, 15) is 4.79 Å². The maximum absolute atomic E-state index is 12.9. The van der Waals surface area contributed by atoms with Gasteiger partial charge in [-0.15, -0.1) is 10.2 Å². The van der Waals surface area contributed by atoms with Crippen molar-refractivity contribution < 1.29 is 19.0 Å². The van der Waals surface area contributed by atoms with Crippen LogP contribution in [0.25, 0.3) is 11.4 Å². The minimum absolute atomic E-state index is 0.171. The van der Waals surface area contributed by atoms with Crippen molar-refractivity contribution in [3.63, 3.8) is 0 Å². The first-order valence-electron chi connectivity index (χ1n) is 10.3. The number of ether oxygens (including phenoxy) is 3. The van der Waals surface area contributed by atoms with Gasteiger partial charge in [-0.3, -0.25) is 4.79 Å². The van der Waals surface area contributed by atoms with Gasteiger partial charge < -0.3 is 24.1 Å². The van der Waals surface area contributed by atoms with Gasteiger partial charge >= 0.3 is 0 Å². The van der Waals surface area contributed by atoms with Gasteiger partial charge in [0.05, 0.1) is 19.5 Å². The van der Waals surface area contributed by atoms with Crippen LogP contribution in [0.15, 0.2) is 47.6 Å². The summed E-state index contributed by atoms with van der Waals surface area (Å²) in [4.78, 5) is 12.9. The molecule has 0 saturated carbocycles. The molecule has 0 spiro atoms. The number of amides is 1. The highest BCUT2D eigenvalue weighted by molar-refractivity contribution is 8.00. The summed E-state index contributed by atoms with van der Waals surface area (Å²) in [6.45, 7) is 3.09. The molecule has 0 bridgehead atoms. The van der Waals surface area contributed by atoms with E-state index >= 15 is 0 Å². The molecule has 1 atom stereocenters. The van der Waals surface area contributed by atoms with Crippen LogP contribution in [0.2, 0.25) is 5.02 Å². The van der Waals surface area contributed by atoms with E-state index in [-0.39, 0.29) is 5.91 Å². The maximum atomic E-state index is 12.9. The number of hydrogen-bond donors (Lipinski definition) is 1. The fourth-order valence-corrected chi connectivity index (χ4v) is 4.09. The molecule has 10 heteroatoms. The largest absolute Gasteiger partial charge is 0.497 e. The Morgan fingerprint density at radius 2 is 1.76 bits per heavy atom. The molecular weight excluding hydrogens is 464 g/mol. The first-order chi connectivity index (χ1) is 15.9. The normalized spacial score (nSPS) is 11.8. The molecule has 1 heterocycles. The molecule has 33 heavy (non-hydrogen) atoms. The van der Waals surface area contributed by atoms with Crippen molar-refractivity contribution >= 4 is 35.0 Å². The zero-order valence-corrected chi connectivity index (χ0v) is 20.6. The summed E-state index contributed by atoms with van der Waals surface area (Å²) in [6.07, 6.45) is 0.785. The van der Waals surface area contributed by atoms with E-state index in [1.165, 1.54) is 11.8 Å². The molecule has 0 aliphatic heterocycles. The van der Waals surface area contributed by atoms with Crippen LogP contribution in [-0.2, 0) is 16.1 Å². The Morgan fingerprint density at radius 3 is 2.36 bits per heavy atom. The Kier molecular flexibility index (Phi) is 8.99. The zero-order valence-electron chi connectivity index (χ0n) is 19.0. The van der Waals surface area contributed by atoms with Crippen LogP contribution < -0.4 is 14.8 Å². The molecule has 3 rings (SSSR count). The van der Waals surface area contributed by atoms with E-state index in [1.54, 1.807) is 39.5 Å². The predicted molar refractivity (Wildman–Crippen MR) is 130 cm³/mol. The number of aromatic nitrogens is 3. The summed E-state index contributed by atoms with van der Waals surface area (Å²) >= 11 is 7.37. The van der Waals surface area contributed by atoms with Crippen LogP contribution in [0.5, 0.6) is 11.5 Å². The molecule has 0 saturated heterocycles. The van der Waals surface area contributed by atoms with Gasteiger partial charge in [-0.05, 0) is 37.6 Å². The van der Waals surface area contributed by atoms with Crippen molar-refractivity contribution in [1.29, 1.82) is 0 Å². The third-order valence-corrected chi connectivity index (χ3v) is 6.15. The molecule has 8 nitrogen and oxygen atoms in total. The van der Waals surface area contributed by atoms with E-state index in [0.29, 0.717) is 40.5 Å². The van der Waals surface area contributed by atoms with Gasteiger partial charge in [0.1, 0.15) is 11.5 Å². The van der Waals surface area contributed by atoms with Crippen LogP contribution in [0, 0.1) is 0 Å². The number of hydrogen-bond acceptors (Lipinski definition) is 7. The lowest BCUT2D eigenvalue weighted by atomic mass is 10.2. The minimum Gasteiger partial charge on any atom is -0.497 e. The quantitative estimate of drug-likeness (QED) is 0.306. The van der Waals surface area contributed by atoms with E-state index < -0.39 is 5.25 Å². The molecule has 0 fully saturated rings. The van der Waals surface area contributed by atoms with Crippen molar-refractivity contribution in [2.75, 3.05) is 33.3 Å². The Hall–Kier alpha value is -2.75. The van der Waals surface area contributed by atoms with E-state index in [4.69, 9.17) is 25.8 Å². The van der Waals surface area contributed by atoms with Gasteiger partial charge in [-0.1, -0.05) is 23.4 Å². The highest BCUT2D eigenvalue weighted by Gasteiger charge is 2.21. The highest BCUT2D eigenvalue weighted by Crippen LogP contribution is 2.30. The number of benzene rings is 2. The molecule has 1 aromatic heterocycles. The topological polar surface area (TPSA) is 87.5 Å². The van der Waals surface area contributed by atoms with E-state index in [2.05, 4.69) is 15.5 Å². The number of carbonyl (C=O) groups is 1. The Balaban J connectivity index is 1.78. The number of anilines is 1. The number of nitrogens with zero attached hydrogens (tertiary/aromatic N) is 3. The molecule has 0 unspecified atom stereocenters. The van der Waals surface area contributed by atoms with Gasteiger partial charge in [-0.2, -0.15) is 0 Å². The molecule has 1 amide bonds. The summed E-state index contributed by atoms with van der Waals surface area (Å²) in [5.41, 5.74) is 1.49. The van der Waals surface area contributed by atoms with E-state index in [0.717, 1.165) is 17.8 Å². The summed E-state index contributed by atoms with van der Waals surface area (Å²) in [5.74, 6) is 1.73. The Labute approximate surface area is 202 Å². The van der Waals surface area contributed by atoms with Gasteiger partial charge in [0.25, 0.3) is 0 Å². The van der Waals surface area contributed by atoms with Crippen molar-refractivity contribution in [2.45, 2.75) is 30.3 Å². The number of rotatable bonds is 11. The average Bonchev–Trinajstić information content (AvgIpc) is 3.21. The summed E-state index contributed by atoms with van der Waals surface area (Å²) in [7, 11) is 4.79. The molecule has 0 aliphatic rings. The fraction of sp³-hybridized carbons (Fsp3) is 0.348. The SMILES string of the molecule is COCCCn1c(S[C@H](C)C(=O)Nc2cc(OC)cc(OC)c2)nnc1-c1ccc(Cl)cc1. The lowest BCUT2D eigenvalue weighted by Crippen LogP contribution is -2.23. The zero-order chi connectivity index (χ0) is 23.8. The van der Waals surface area contributed by atoms with Crippen LogP contribution in [0.3, 0.4) is 0 Å². The molecule has 176 valence electrons. The number of methoxy groups -OCH3 is 3. The second-order valence-corrected chi connectivity index (χ2v) is 8.91. The average molecular weight is 491 g/mol. The summed E-state index contributed by atoms with van der Waals surface area (Å²) < 4.78 is 17.8. The van der Waals surface area contributed by atoms with Gasteiger partial charge in [0.2, 0.25) is 5.91 Å². The molecule has 0 aliphatic carbocycles. The number of thioether (sulfide) groups is 1. The van der Waals surface area contributed by atoms with Gasteiger partial charge in [0, 0.05) is 54.7 Å². The van der Waals surface area contributed by atoms with Crippen LogP contribution in [-0.4, -0.2) is 53.9 Å². The maximum Gasteiger partial charge on any atom is 0.237 e.